The fourth-order valence-corrected chi connectivity index (χ4v) is 4.79. The van der Waals surface area contributed by atoms with Crippen LogP contribution in [0, 0.1) is 11.6 Å². The van der Waals surface area contributed by atoms with Crippen molar-refractivity contribution in [2.24, 2.45) is 0 Å². The van der Waals surface area contributed by atoms with Crippen LogP contribution in [-0.2, 0) is 6.61 Å². The summed E-state index contributed by atoms with van der Waals surface area (Å²) in [5.74, 6) is -2.70. The molecular formula is C32H28F2N4O4. The third kappa shape index (κ3) is 5.64. The molecule has 3 heterocycles. The summed E-state index contributed by atoms with van der Waals surface area (Å²) in [5, 5.41) is 1.71. The molecule has 0 spiro atoms. The van der Waals surface area contributed by atoms with Crippen molar-refractivity contribution in [2.75, 3.05) is 24.8 Å². The average molecular weight is 571 g/mol. The van der Waals surface area contributed by atoms with Gasteiger partial charge in [0.1, 0.15) is 31.7 Å². The van der Waals surface area contributed by atoms with Gasteiger partial charge in [0.2, 0.25) is 5.43 Å². The van der Waals surface area contributed by atoms with Crippen LogP contribution in [0.25, 0.3) is 0 Å². The van der Waals surface area contributed by atoms with Crippen LogP contribution in [0.4, 0.5) is 8.78 Å². The molecule has 0 saturated heterocycles. The Kier molecular flexibility index (Phi) is 8.42. The van der Waals surface area contributed by atoms with Gasteiger partial charge in [-0.2, -0.15) is 0 Å². The molecule has 42 heavy (non-hydrogen) atoms. The largest absolute Gasteiger partial charge is 0.489 e. The van der Waals surface area contributed by atoms with Gasteiger partial charge in [0.05, 0.1) is 5.69 Å². The van der Waals surface area contributed by atoms with Gasteiger partial charge in [-0.05, 0) is 23.8 Å². The molecule has 0 bridgehead atoms. The Morgan fingerprint density at radius 2 is 1.71 bits per heavy atom. The Morgan fingerprint density at radius 3 is 2.43 bits per heavy atom. The van der Waals surface area contributed by atoms with E-state index in [9.17, 15) is 18.4 Å². The first-order valence-electron chi connectivity index (χ1n) is 13.2. The number of pyridine rings is 2. The van der Waals surface area contributed by atoms with Crippen LogP contribution in [0.5, 0.6) is 11.5 Å². The summed E-state index contributed by atoms with van der Waals surface area (Å²) in [6.07, 6.45) is 6.08. The molecule has 1 unspecified atom stereocenters. The first-order valence-corrected chi connectivity index (χ1v) is 13.2. The number of carbonyl (C=O) groups is 1. The first-order chi connectivity index (χ1) is 20.4. The van der Waals surface area contributed by atoms with Crippen molar-refractivity contribution >= 4 is 5.91 Å². The van der Waals surface area contributed by atoms with Crippen LogP contribution in [-0.4, -0.2) is 40.3 Å². The SMILES string of the molecule is C=CCOc1cc(F)c(F)cc1C(c1ccccn1)N1CN(CC=C)C(=O)c2c(OCc3ccccc3)c(=O)ccn21. The number of benzene rings is 2. The van der Waals surface area contributed by atoms with Gasteiger partial charge in [-0.15, -0.1) is 6.58 Å². The molecule has 0 fully saturated rings. The molecule has 10 heteroatoms. The molecule has 0 aliphatic carbocycles. The standard InChI is InChI=1S/C32H28F2N4O4/c1-3-15-36-21-38(37-16-13-27(39)31(30(37)32(36)40)42-20-22-10-6-5-7-11-22)29(26-12-8-9-14-35-26)23-18-24(33)25(34)19-28(23)41-17-4-2/h3-14,16,18-19,29H,1-2,15,17,20-21H2. The highest BCUT2D eigenvalue weighted by atomic mass is 19.2. The fraction of sp³-hybridized carbons (Fsp3) is 0.156. The third-order valence-corrected chi connectivity index (χ3v) is 6.66. The lowest BCUT2D eigenvalue weighted by Crippen LogP contribution is -2.55. The minimum atomic E-state index is -1.08. The number of halogens is 2. The number of rotatable bonds is 11. The number of hydrogen-bond acceptors (Lipinski definition) is 6. The molecule has 1 aliphatic rings. The van der Waals surface area contributed by atoms with Crippen molar-refractivity contribution in [3.8, 4) is 11.5 Å². The van der Waals surface area contributed by atoms with E-state index < -0.39 is 29.0 Å². The normalized spacial score (nSPS) is 13.3. The highest BCUT2D eigenvalue weighted by molar-refractivity contribution is 5.96. The molecule has 1 aliphatic heterocycles. The second-order valence-electron chi connectivity index (χ2n) is 9.43. The monoisotopic (exact) mass is 570 g/mol. The van der Waals surface area contributed by atoms with Crippen LogP contribution in [0.3, 0.4) is 0 Å². The molecule has 0 radical (unpaired) electrons. The lowest BCUT2D eigenvalue weighted by Gasteiger charge is -2.43. The number of nitrogens with zero attached hydrogens (tertiary/aromatic N) is 4. The summed E-state index contributed by atoms with van der Waals surface area (Å²) >= 11 is 0. The quantitative estimate of drug-likeness (QED) is 0.237. The van der Waals surface area contributed by atoms with Gasteiger partial charge in [0.15, 0.2) is 23.1 Å². The lowest BCUT2D eigenvalue weighted by atomic mass is 10.00. The number of aromatic nitrogens is 2. The van der Waals surface area contributed by atoms with Crippen molar-refractivity contribution in [1.29, 1.82) is 0 Å². The van der Waals surface area contributed by atoms with E-state index in [4.69, 9.17) is 9.47 Å². The molecule has 1 amide bonds. The number of amides is 1. The molecule has 0 saturated carbocycles. The van der Waals surface area contributed by atoms with E-state index in [1.54, 1.807) is 35.5 Å². The molecule has 8 nitrogen and oxygen atoms in total. The zero-order valence-corrected chi connectivity index (χ0v) is 22.7. The van der Waals surface area contributed by atoms with E-state index in [2.05, 4.69) is 18.1 Å². The number of hydrogen-bond donors (Lipinski definition) is 0. The van der Waals surface area contributed by atoms with Gasteiger partial charge in [-0.3, -0.25) is 24.3 Å². The molecule has 214 valence electrons. The molecule has 1 atom stereocenters. The smallest absolute Gasteiger partial charge is 0.278 e. The minimum Gasteiger partial charge on any atom is -0.489 e. The van der Waals surface area contributed by atoms with Crippen molar-refractivity contribution < 1.29 is 23.0 Å². The summed E-state index contributed by atoms with van der Waals surface area (Å²) in [7, 11) is 0. The van der Waals surface area contributed by atoms with E-state index in [1.165, 1.54) is 27.9 Å². The van der Waals surface area contributed by atoms with Crippen molar-refractivity contribution in [3.63, 3.8) is 0 Å². The summed E-state index contributed by atoms with van der Waals surface area (Å²) in [6, 6.07) is 16.9. The minimum absolute atomic E-state index is 0.0139. The zero-order valence-electron chi connectivity index (χ0n) is 22.7. The predicted molar refractivity (Wildman–Crippen MR) is 154 cm³/mol. The van der Waals surface area contributed by atoms with Gasteiger partial charge in [0, 0.05) is 36.6 Å². The van der Waals surface area contributed by atoms with Crippen molar-refractivity contribution in [1.82, 2.24) is 14.6 Å². The maximum absolute atomic E-state index is 14.8. The second kappa shape index (κ2) is 12.5. The molecular weight excluding hydrogens is 542 g/mol. The predicted octanol–water partition coefficient (Wildman–Crippen LogP) is 4.99. The Balaban J connectivity index is 1.71. The maximum Gasteiger partial charge on any atom is 0.278 e. The second-order valence-corrected chi connectivity index (χ2v) is 9.43. The number of fused-ring (bicyclic) bond motifs is 1. The Hall–Kier alpha value is -5.25. The van der Waals surface area contributed by atoms with E-state index in [0.717, 1.165) is 17.7 Å². The Bertz CT molecular complexity index is 1660. The molecule has 5 rings (SSSR count). The summed E-state index contributed by atoms with van der Waals surface area (Å²) in [5.41, 5.74) is 1.00. The van der Waals surface area contributed by atoms with Crippen molar-refractivity contribution in [3.05, 3.63) is 149 Å². The van der Waals surface area contributed by atoms with E-state index in [1.807, 2.05) is 30.3 Å². The van der Waals surface area contributed by atoms with Gasteiger partial charge in [0.25, 0.3) is 5.91 Å². The van der Waals surface area contributed by atoms with Crippen LogP contribution in [0.1, 0.15) is 33.4 Å². The first kappa shape index (κ1) is 28.3. The van der Waals surface area contributed by atoms with E-state index >= 15 is 0 Å². The van der Waals surface area contributed by atoms with E-state index in [-0.39, 0.29) is 49.2 Å². The fourth-order valence-electron chi connectivity index (χ4n) is 4.79. The molecule has 0 N–H and O–H groups in total. The summed E-state index contributed by atoms with van der Waals surface area (Å²) < 4.78 is 42.5. The molecule has 2 aromatic heterocycles. The molecule has 4 aromatic rings. The van der Waals surface area contributed by atoms with Crippen LogP contribution < -0.4 is 19.9 Å². The highest BCUT2D eigenvalue weighted by Crippen LogP contribution is 2.37. The van der Waals surface area contributed by atoms with Gasteiger partial charge < -0.3 is 14.4 Å². The average Bonchev–Trinajstić information content (AvgIpc) is 3.00. The van der Waals surface area contributed by atoms with Gasteiger partial charge in [-0.1, -0.05) is 55.1 Å². The van der Waals surface area contributed by atoms with Crippen LogP contribution in [0.15, 0.2) is 109 Å². The zero-order chi connectivity index (χ0) is 29.6. The number of ether oxygens (including phenoxy) is 2. The number of carbonyl (C=O) groups excluding carboxylic acids is 1. The molecule has 2 aromatic carbocycles. The Labute approximate surface area is 241 Å². The topological polar surface area (TPSA) is 76.9 Å². The highest BCUT2D eigenvalue weighted by Gasteiger charge is 2.38. The summed E-state index contributed by atoms with van der Waals surface area (Å²) in [4.78, 5) is 32.9. The third-order valence-electron chi connectivity index (χ3n) is 6.66. The van der Waals surface area contributed by atoms with E-state index in [0.29, 0.717) is 5.69 Å². The van der Waals surface area contributed by atoms with Gasteiger partial charge in [-0.25, -0.2) is 8.78 Å². The lowest BCUT2D eigenvalue weighted by molar-refractivity contribution is 0.0697. The maximum atomic E-state index is 14.8. The summed E-state index contributed by atoms with van der Waals surface area (Å²) in [6.45, 7) is 7.63. The Morgan fingerprint density at radius 1 is 0.952 bits per heavy atom. The van der Waals surface area contributed by atoms with Crippen molar-refractivity contribution in [2.45, 2.75) is 12.6 Å². The van der Waals surface area contributed by atoms with Crippen LogP contribution >= 0.6 is 0 Å². The van der Waals surface area contributed by atoms with Crippen LogP contribution in [0.2, 0.25) is 0 Å². The van der Waals surface area contributed by atoms with Gasteiger partial charge >= 0.3 is 0 Å².